The highest BCUT2D eigenvalue weighted by Crippen LogP contribution is 2.31. The SMILES string of the molecule is CC(C)=CCCC(O)C1CC=C(C[Si](C)(C)C)CC1. The number of aliphatic hydroxyl groups excluding tert-OH is 1. The molecule has 0 heterocycles. The fraction of sp³-hybridized carbons (Fsp3) is 0.765. The number of hydrogen-bond donors (Lipinski definition) is 1. The number of rotatable bonds is 6. The zero-order chi connectivity index (χ0) is 14.5. The molecule has 1 nitrogen and oxygen atoms in total. The van der Waals surface area contributed by atoms with E-state index in [2.05, 4.69) is 45.6 Å². The lowest BCUT2D eigenvalue weighted by atomic mass is 9.84. The maximum Gasteiger partial charge on any atom is 0.0574 e. The van der Waals surface area contributed by atoms with Crippen LogP contribution in [0.15, 0.2) is 23.3 Å². The summed E-state index contributed by atoms with van der Waals surface area (Å²) in [5, 5.41) is 10.3. The summed E-state index contributed by atoms with van der Waals surface area (Å²) in [5.41, 5.74) is 3.01. The van der Waals surface area contributed by atoms with Gasteiger partial charge < -0.3 is 5.11 Å². The lowest BCUT2D eigenvalue weighted by Crippen LogP contribution is -2.25. The van der Waals surface area contributed by atoms with Crippen molar-refractivity contribution in [3.63, 3.8) is 0 Å². The smallest absolute Gasteiger partial charge is 0.0574 e. The van der Waals surface area contributed by atoms with Gasteiger partial charge in [0.05, 0.1) is 6.10 Å². The van der Waals surface area contributed by atoms with Gasteiger partial charge in [-0.1, -0.05) is 42.9 Å². The van der Waals surface area contributed by atoms with Crippen LogP contribution in [-0.2, 0) is 0 Å². The predicted molar refractivity (Wildman–Crippen MR) is 88.2 cm³/mol. The number of aliphatic hydroxyl groups is 1. The van der Waals surface area contributed by atoms with Crippen LogP contribution in [0, 0.1) is 5.92 Å². The van der Waals surface area contributed by atoms with Crippen LogP contribution in [0.5, 0.6) is 0 Å². The summed E-state index contributed by atoms with van der Waals surface area (Å²) in [7, 11) is -0.966. The monoisotopic (exact) mass is 280 g/mol. The van der Waals surface area contributed by atoms with Crippen LogP contribution >= 0.6 is 0 Å². The predicted octanol–water partition coefficient (Wildman–Crippen LogP) is 5.16. The fourth-order valence-electron chi connectivity index (χ4n) is 2.88. The molecule has 110 valence electrons. The van der Waals surface area contributed by atoms with Gasteiger partial charge in [-0.25, -0.2) is 0 Å². The quantitative estimate of drug-likeness (QED) is 0.526. The molecule has 0 spiro atoms. The molecule has 2 heteroatoms. The van der Waals surface area contributed by atoms with Gasteiger partial charge >= 0.3 is 0 Å². The first-order valence-electron chi connectivity index (χ1n) is 7.77. The van der Waals surface area contributed by atoms with Crippen molar-refractivity contribution in [1.82, 2.24) is 0 Å². The summed E-state index contributed by atoms with van der Waals surface area (Å²) in [6.45, 7) is 11.6. The molecule has 1 aliphatic carbocycles. The first-order valence-corrected chi connectivity index (χ1v) is 11.5. The average molecular weight is 281 g/mol. The molecule has 0 aromatic rings. The topological polar surface area (TPSA) is 20.2 Å². The maximum atomic E-state index is 10.3. The molecular weight excluding hydrogens is 248 g/mol. The molecule has 1 rings (SSSR count). The Morgan fingerprint density at radius 3 is 2.58 bits per heavy atom. The molecule has 0 bridgehead atoms. The van der Waals surface area contributed by atoms with Gasteiger partial charge in [-0.3, -0.25) is 0 Å². The molecular formula is C17H32OSi. The van der Waals surface area contributed by atoms with Crippen LogP contribution < -0.4 is 0 Å². The highest BCUT2D eigenvalue weighted by molar-refractivity contribution is 6.76. The van der Waals surface area contributed by atoms with E-state index in [1.165, 1.54) is 24.5 Å². The summed E-state index contributed by atoms with van der Waals surface area (Å²) in [4.78, 5) is 0. The Hall–Kier alpha value is -0.343. The van der Waals surface area contributed by atoms with Crippen LogP contribution in [0.2, 0.25) is 25.7 Å². The third kappa shape index (κ3) is 7.12. The van der Waals surface area contributed by atoms with E-state index in [0.717, 1.165) is 19.3 Å². The van der Waals surface area contributed by atoms with E-state index >= 15 is 0 Å². The highest BCUT2D eigenvalue weighted by atomic mass is 28.3. The van der Waals surface area contributed by atoms with E-state index in [1.54, 1.807) is 5.57 Å². The van der Waals surface area contributed by atoms with Crippen molar-refractivity contribution in [2.45, 2.75) is 77.7 Å². The third-order valence-corrected chi connectivity index (χ3v) is 5.38. The summed E-state index contributed by atoms with van der Waals surface area (Å²) >= 11 is 0. The molecule has 2 unspecified atom stereocenters. The molecule has 0 radical (unpaired) electrons. The molecule has 0 aromatic carbocycles. The van der Waals surface area contributed by atoms with Gasteiger partial charge in [0.25, 0.3) is 0 Å². The van der Waals surface area contributed by atoms with Crippen molar-refractivity contribution in [2.75, 3.05) is 0 Å². The third-order valence-electron chi connectivity index (χ3n) is 3.86. The van der Waals surface area contributed by atoms with Gasteiger partial charge in [0.2, 0.25) is 0 Å². The van der Waals surface area contributed by atoms with Crippen molar-refractivity contribution >= 4 is 8.07 Å². The Bertz CT molecular complexity index is 332. The van der Waals surface area contributed by atoms with Crippen molar-refractivity contribution < 1.29 is 5.11 Å². The average Bonchev–Trinajstić information content (AvgIpc) is 2.27. The second kappa shape index (κ2) is 7.44. The standard InChI is InChI=1S/C17H32OSi/c1-14(2)7-6-8-17(18)16-11-9-15(10-12-16)13-19(3,4)5/h7,9,16-18H,6,8,10-13H2,1-5H3. The van der Waals surface area contributed by atoms with Crippen molar-refractivity contribution in [2.24, 2.45) is 5.92 Å². The van der Waals surface area contributed by atoms with E-state index in [9.17, 15) is 5.11 Å². The molecule has 0 amide bonds. The first kappa shape index (κ1) is 16.7. The second-order valence-electron chi connectivity index (χ2n) is 7.56. The van der Waals surface area contributed by atoms with Gasteiger partial charge in [0.1, 0.15) is 0 Å². The van der Waals surface area contributed by atoms with Crippen LogP contribution in [0.1, 0.15) is 46.0 Å². The van der Waals surface area contributed by atoms with Crippen LogP contribution in [0.4, 0.5) is 0 Å². The number of allylic oxidation sites excluding steroid dienone is 4. The van der Waals surface area contributed by atoms with E-state index in [1.807, 2.05) is 0 Å². The largest absolute Gasteiger partial charge is 0.393 e. The Kier molecular flexibility index (Phi) is 6.55. The summed E-state index contributed by atoms with van der Waals surface area (Å²) < 4.78 is 0. The van der Waals surface area contributed by atoms with Gasteiger partial charge in [-0.05, 0) is 57.9 Å². The minimum absolute atomic E-state index is 0.111. The van der Waals surface area contributed by atoms with Crippen molar-refractivity contribution in [3.05, 3.63) is 23.3 Å². The van der Waals surface area contributed by atoms with Gasteiger partial charge in [-0.15, -0.1) is 0 Å². The Morgan fingerprint density at radius 2 is 2.11 bits per heavy atom. The molecule has 0 fully saturated rings. The fourth-order valence-corrected chi connectivity index (χ4v) is 4.56. The van der Waals surface area contributed by atoms with Crippen molar-refractivity contribution in [1.29, 1.82) is 0 Å². The van der Waals surface area contributed by atoms with Crippen molar-refractivity contribution in [3.8, 4) is 0 Å². The summed E-state index contributed by atoms with van der Waals surface area (Å²) in [6.07, 6.45) is 9.99. The van der Waals surface area contributed by atoms with E-state index in [-0.39, 0.29) is 6.10 Å². The number of hydrogen-bond acceptors (Lipinski definition) is 1. The van der Waals surface area contributed by atoms with E-state index in [4.69, 9.17) is 0 Å². The molecule has 2 atom stereocenters. The Morgan fingerprint density at radius 1 is 1.42 bits per heavy atom. The van der Waals surface area contributed by atoms with Gasteiger partial charge in [0.15, 0.2) is 0 Å². The highest BCUT2D eigenvalue weighted by Gasteiger charge is 2.23. The first-order chi connectivity index (χ1) is 8.78. The van der Waals surface area contributed by atoms with Crippen LogP contribution in [0.25, 0.3) is 0 Å². The zero-order valence-electron chi connectivity index (χ0n) is 13.5. The van der Waals surface area contributed by atoms with E-state index in [0.29, 0.717) is 5.92 Å². The zero-order valence-corrected chi connectivity index (χ0v) is 14.5. The Labute approximate surface area is 120 Å². The molecule has 1 aliphatic rings. The van der Waals surface area contributed by atoms with E-state index < -0.39 is 8.07 Å². The Balaban J connectivity index is 2.38. The van der Waals surface area contributed by atoms with Gasteiger partial charge in [-0.2, -0.15) is 0 Å². The molecule has 0 aromatic heterocycles. The van der Waals surface area contributed by atoms with Gasteiger partial charge in [0, 0.05) is 8.07 Å². The van der Waals surface area contributed by atoms with Crippen LogP contribution in [0.3, 0.4) is 0 Å². The normalized spacial score (nSPS) is 21.8. The minimum Gasteiger partial charge on any atom is -0.393 e. The second-order valence-corrected chi connectivity index (χ2v) is 13.0. The lowest BCUT2D eigenvalue weighted by Gasteiger charge is -2.28. The maximum absolute atomic E-state index is 10.3. The molecule has 0 saturated heterocycles. The molecule has 1 N–H and O–H groups in total. The molecule has 19 heavy (non-hydrogen) atoms. The summed E-state index contributed by atoms with van der Waals surface area (Å²) in [6, 6.07) is 1.34. The molecule has 0 aliphatic heterocycles. The molecule has 0 saturated carbocycles. The lowest BCUT2D eigenvalue weighted by molar-refractivity contribution is 0.0936. The summed E-state index contributed by atoms with van der Waals surface area (Å²) in [5.74, 6) is 0.496. The van der Waals surface area contributed by atoms with Crippen LogP contribution in [-0.4, -0.2) is 19.3 Å². The minimum atomic E-state index is -0.966.